The van der Waals surface area contributed by atoms with E-state index in [4.69, 9.17) is 0 Å². The first-order chi connectivity index (χ1) is 11.7. The van der Waals surface area contributed by atoms with Crippen molar-refractivity contribution in [2.75, 3.05) is 31.1 Å². The van der Waals surface area contributed by atoms with Crippen LogP contribution in [0, 0.1) is 5.82 Å². The van der Waals surface area contributed by atoms with Gasteiger partial charge in [-0.15, -0.1) is 0 Å². The standard InChI is InChI=1S/C18H23FN4O/c19-15-3-4-16(23-12-6-13(23)9-21-8-12)14-10-22(18(24)17(14)15)11-2-1-5-20-7-11/h3-4,11-13,20-21H,1-2,5-10H2. The smallest absolute Gasteiger partial charge is 0.257 e. The number of carbonyl (C=O) groups excluding carboxylic acids is 1. The first kappa shape index (κ1) is 14.7. The van der Waals surface area contributed by atoms with Crippen molar-refractivity contribution in [3.05, 3.63) is 29.1 Å². The van der Waals surface area contributed by atoms with Crippen molar-refractivity contribution in [3.8, 4) is 0 Å². The van der Waals surface area contributed by atoms with E-state index in [0.29, 0.717) is 24.2 Å². The van der Waals surface area contributed by atoms with Crippen molar-refractivity contribution in [2.24, 2.45) is 0 Å². The Morgan fingerprint density at radius 2 is 1.88 bits per heavy atom. The zero-order valence-electron chi connectivity index (χ0n) is 13.7. The van der Waals surface area contributed by atoms with Gasteiger partial charge in [-0.05, 0) is 37.9 Å². The molecule has 0 aliphatic carbocycles. The molecule has 0 saturated carbocycles. The van der Waals surface area contributed by atoms with E-state index in [-0.39, 0.29) is 17.8 Å². The lowest BCUT2D eigenvalue weighted by atomic mass is 9.87. The molecular formula is C18H23FN4O. The normalized spacial score (nSPS) is 31.9. The number of amides is 1. The summed E-state index contributed by atoms with van der Waals surface area (Å²) in [4.78, 5) is 17.2. The van der Waals surface area contributed by atoms with Crippen LogP contribution in [0.3, 0.4) is 0 Å². The molecule has 6 heteroatoms. The molecule has 5 nitrogen and oxygen atoms in total. The number of hydrogen-bond acceptors (Lipinski definition) is 4. The molecule has 1 aromatic rings. The number of nitrogens with zero attached hydrogens (tertiary/aromatic N) is 2. The fraction of sp³-hybridized carbons (Fsp3) is 0.611. The SMILES string of the molecule is O=C1c2c(F)ccc(N3C4CNCC3C4)c2CN1C1CCCNC1. The maximum Gasteiger partial charge on any atom is 0.257 e. The minimum atomic E-state index is -0.367. The largest absolute Gasteiger partial charge is 0.363 e. The second-order valence-corrected chi connectivity index (χ2v) is 7.46. The summed E-state index contributed by atoms with van der Waals surface area (Å²) in [6.07, 6.45) is 3.27. The van der Waals surface area contributed by atoms with Crippen molar-refractivity contribution in [2.45, 2.75) is 43.9 Å². The van der Waals surface area contributed by atoms with Crippen LogP contribution in [-0.4, -0.2) is 55.1 Å². The van der Waals surface area contributed by atoms with Gasteiger partial charge in [-0.2, -0.15) is 0 Å². The zero-order chi connectivity index (χ0) is 16.3. The summed E-state index contributed by atoms with van der Waals surface area (Å²) in [5.74, 6) is -0.490. The maximum absolute atomic E-state index is 14.4. The van der Waals surface area contributed by atoms with E-state index in [1.807, 2.05) is 11.0 Å². The molecule has 3 fully saturated rings. The highest BCUT2D eigenvalue weighted by atomic mass is 19.1. The monoisotopic (exact) mass is 330 g/mol. The lowest BCUT2D eigenvalue weighted by Crippen LogP contribution is -2.68. The third-order valence-corrected chi connectivity index (χ3v) is 6.12. The van der Waals surface area contributed by atoms with Gasteiger partial charge in [-0.25, -0.2) is 4.39 Å². The molecule has 24 heavy (non-hydrogen) atoms. The molecule has 0 spiro atoms. The minimum Gasteiger partial charge on any atom is -0.363 e. The van der Waals surface area contributed by atoms with Crippen LogP contribution in [0.4, 0.5) is 10.1 Å². The highest BCUT2D eigenvalue weighted by Crippen LogP contribution is 2.41. The van der Waals surface area contributed by atoms with Gasteiger partial charge in [0.25, 0.3) is 5.91 Å². The van der Waals surface area contributed by atoms with Crippen LogP contribution in [0.2, 0.25) is 0 Å². The third-order valence-electron chi connectivity index (χ3n) is 6.12. The molecule has 2 N–H and O–H groups in total. The number of piperidine rings is 2. The number of fused-ring (bicyclic) bond motifs is 3. The van der Waals surface area contributed by atoms with Crippen LogP contribution < -0.4 is 15.5 Å². The Labute approximate surface area is 141 Å². The summed E-state index contributed by atoms with van der Waals surface area (Å²) in [5.41, 5.74) is 2.30. The summed E-state index contributed by atoms with van der Waals surface area (Å²) >= 11 is 0. The van der Waals surface area contributed by atoms with E-state index < -0.39 is 0 Å². The Kier molecular flexibility index (Phi) is 3.31. The number of carbonyl (C=O) groups is 1. The molecular weight excluding hydrogens is 307 g/mol. The van der Waals surface area contributed by atoms with Crippen LogP contribution in [0.5, 0.6) is 0 Å². The number of hydrogen-bond donors (Lipinski definition) is 2. The van der Waals surface area contributed by atoms with Gasteiger partial charge < -0.3 is 20.4 Å². The number of halogens is 1. The van der Waals surface area contributed by atoms with Crippen molar-refractivity contribution in [1.82, 2.24) is 15.5 Å². The lowest BCUT2D eigenvalue weighted by molar-refractivity contribution is 0.0671. The van der Waals surface area contributed by atoms with Gasteiger partial charge in [0.1, 0.15) is 5.82 Å². The summed E-state index contributed by atoms with van der Waals surface area (Å²) in [6, 6.07) is 4.52. The molecule has 5 rings (SSSR count). The number of anilines is 1. The van der Waals surface area contributed by atoms with Gasteiger partial charge in [0.05, 0.1) is 5.56 Å². The average Bonchev–Trinajstić information content (AvgIpc) is 2.97. The quantitative estimate of drug-likeness (QED) is 0.852. The number of rotatable bonds is 2. The van der Waals surface area contributed by atoms with Gasteiger partial charge >= 0.3 is 0 Å². The predicted molar refractivity (Wildman–Crippen MR) is 89.7 cm³/mol. The van der Waals surface area contributed by atoms with E-state index in [9.17, 15) is 9.18 Å². The predicted octanol–water partition coefficient (Wildman–Crippen LogP) is 1.08. The molecule has 1 aromatic carbocycles. The molecule has 4 heterocycles. The molecule has 4 aliphatic heterocycles. The lowest BCUT2D eigenvalue weighted by Gasteiger charge is -2.55. The Morgan fingerprint density at radius 3 is 2.58 bits per heavy atom. The third kappa shape index (κ3) is 2.02. The van der Waals surface area contributed by atoms with E-state index in [2.05, 4.69) is 15.5 Å². The Balaban J connectivity index is 1.50. The first-order valence-electron chi connectivity index (χ1n) is 9.06. The van der Waals surface area contributed by atoms with Crippen molar-refractivity contribution < 1.29 is 9.18 Å². The number of piperazine rings is 1. The van der Waals surface area contributed by atoms with Crippen LogP contribution in [0.1, 0.15) is 35.2 Å². The molecule has 1 amide bonds. The molecule has 3 atom stereocenters. The molecule has 3 saturated heterocycles. The van der Waals surface area contributed by atoms with Gasteiger partial charge in [-0.3, -0.25) is 4.79 Å². The topological polar surface area (TPSA) is 47.6 Å². The Bertz CT molecular complexity index is 674. The van der Waals surface area contributed by atoms with Crippen LogP contribution in [0.15, 0.2) is 12.1 Å². The summed E-state index contributed by atoms with van der Waals surface area (Å²) < 4.78 is 14.4. The minimum absolute atomic E-state index is 0.123. The Morgan fingerprint density at radius 1 is 1.08 bits per heavy atom. The van der Waals surface area contributed by atoms with Gasteiger partial charge in [0, 0.05) is 55.6 Å². The zero-order valence-corrected chi connectivity index (χ0v) is 13.7. The van der Waals surface area contributed by atoms with Gasteiger partial charge in [-0.1, -0.05) is 0 Å². The molecule has 3 unspecified atom stereocenters. The van der Waals surface area contributed by atoms with Crippen LogP contribution >= 0.6 is 0 Å². The molecule has 4 aliphatic rings. The van der Waals surface area contributed by atoms with Gasteiger partial charge in [0.2, 0.25) is 0 Å². The van der Waals surface area contributed by atoms with E-state index in [1.54, 1.807) is 0 Å². The van der Waals surface area contributed by atoms with Gasteiger partial charge in [0.15, 0.2) is 0 Å². The van der Waals surface area contributed by atoms with Crippen molar-refractivity contribution in [1.29, 1.82) is 0 Å². The van der Waals surface area contributed by atoms with Crippen molar-refractivity contribution >= 4 is 11.6 Å². The van der Waals surface area contributed by atoms with Crippen molar-refractivity contribution in [3.63, 3.8) is 0 Å². The highest BCUT2D eigenvalue weighted by molar-refractivity contribution is 6.00. The second kappa shape index (κ2) is 5.43. The molecule has 2 bridgehead atoms. The Hall–Kier alpha value is -1.66. The molecule has 128 valence electrons. The van der Waals surface area contributed by atoms with Crippen LogP contribution in [-0.2, 0) is 6.54 Å². The molecule has 0 aromatic heterocycles. The second-order valence-electron chi connectivity index (χ2n) is 7.46. The average molecular weight is 330 g/mol. The summed E-state index contributed by atoms with van der Waals surface area (Å²) in [5, 5.41) is 6.79. The summed E-state index contributed by atoms with van der Waals surface area (Å²) in [7, 11) is 0. The summed E-state index contributed by atoms with van der Waals surface area (Å²) in [6.45, 7) is 4.33. The molecule has 0 radical (unpaired) electrons. The number of nitrogens with one attached hydrogen (secondary N) is 2. The maximum atomic E-state index is 14.4. The fourth-order valence-corrected chi connectivity index (χ4v) is 4.90. The highest BCUT2D eigenvalue weighted by Gasteiger charge is 2.45. The van der Waals surface area contributed by atoms with E-state index in [0.717, 1.165) is 50.3 Å². The fourth-order valence-electron chi connectivity index (χ4n) is 4.90. The number of benzene rings is 1. The van der Waals surface area contributed by atoms with Crippen LogP contribution in [0.25, 0.3) is 0 Å². The van der Waals surface area contributed by atoms with E-state index in [1.165, 1.54) is 12.5 Å². The van der Waals surface area contributed by atoms with E-state index >= 15 is 0 Å². The first-order valence-corrected chi connectivity index (χ1v) is 9.06.